The van der Waals surface area contributed by atoms with Crippen molar-refractivity contribution >= 4 is 0 Å². The Balaban J connectivity index is 1.47. The van der Waals surface area contributed by atoms with Gasteiger partial charge in [-0.05, 0) is 24.3 Å². The molecule has 3 rings (SSSR count). The minimum Gasteiger partial charge on any atom is -0.395 e. The van der Waals surface area contributed by atoms with E-state index < -0.39 is 37.1 Å². The van der Waals surface area contributed by atoms with Crippen LogP contribution < -0.4 is 0 Å². The third-order valence-corrected chi connectivity index (χ3v) is 4.85. The first kappa shape index (κ1) is 21.7. The van der Waals surface area contributed by atoms with Gasteiger partial charge in [0.1, 0.15) is 23.7 Å². The van der Waals surface area contributed by atoms with Crippen molar-refractivity contribution in [2.24, 2.45) is 0 Å². The number of nitrogens with zero attached hydrogens (tertiary/aromatic N) is 4. The van der Waals surface area contributed by atoms with E-state index in [0.29, 0.717) is 11.4 Å². The molecule has 5 atom stereocenters. The summed E-state index contributed by atoms with van der Waals surface area (Å²) < 4.78 is 19.9. The number of aliphatic hydroxyl groups excluding tert-OH is 5. The molecule has 1 saturated heterocycles. The average Bonchev–Trinajstić information content (AvgIpc) is 3.16. The summed E-state index contributed by atoms with van der Waals surface area (Å²) in [5, 5.41) is 57.0. The van der Waals surface area contributed by atoms with Gasteiger partial charge < -0.3 is 30.3 Å². The Morgan fingerprint density at radius 1 is 1.17 bits per heavy atom. The van der Waals surface area contributed by atoms with Crippen LogP contribution in [0.5, 0.6) is 0 Å². The van der Waals surface area contributed by atoms with Gasteiger partial charge in [0, 0.05) is 13.1 Å². The van der Waals surface area contributed by atoms with Gasteiger partial charge in [-0.3, -0.25) is 4.90 Å². The van der Waals surface area contributed by atoms with Crippen LogP contribution in [-0.2, 0) is 11.3 Å². The van der Waals surface area contributed by atoms with Crippen molar-refractivity contribution in [3.05, 3.63) is 42.0 Å². The summed E-state index contributed by atoms with van der Waals surface area (Å²) in [6.07, 6.45) is -3.17. The molecule has 0 amide bonds. The molecule has 1 unspecified atom stereocenters. The zero-order valence-corrected chi connectivity index (χ0v) is 15.6. The van der Waals surface area contributed by atoms with Crippen molar-refractivity contribution in [3.8, 4) is 5.69 Å². The van der Waals surface area contributed by atoms with E-state index in [9.17, 15) is 29.9 Å². The second-order valence-corrected chi connectivity index (χ2v) is 7.05. The molecule has 1 aliphatic heterocycles. The summed E-state index contributed by atoms with van der Waals surface area (Å²) in [5.41, 5.74) is 1.16. The third kappa shape index (κ3) is 5.34. The minimum absolute atomic E-state index is 0.00646. The van der Waals surface area contributed by atoms with Crippen LogP contribution in [0.1, 0.15) is 5.69 Å². The molecule has 1 aliphatic rings. The highest BCUT2D eigenvalue weighted by Crippen LogP contribution is 2.19. The van der Waals surface area contributed by atoms with Crippen LogP contribution in [0.2, 0.25) is 0 Å². The first-order valence-corrected chi connectivity index (χ1v) is 9.21. The fourth-order valence-electron chi connectivity index (χ4n) is 3.30. The lowest BCUT2D eigenvalue weighted by atomic mass is 9.94. The van der Waals surface area contributed by atoms with E-state index in [2.05, 4.69) is 10.3 Å². The molecule has 10 nitrogen and oxygen atoms in total. The summed E-state index contributed by atoms with van der Waals surface area (Å²) in [6.45, 7) is -0.343. The first-order chi connectivity index (χ1) is 13.9. The number of ether oxygens (including phenoxy) is 1. The second kappa shape index (κ2) is 9.67. The van der Waals surface area contributed by atoms with Gasteiger partial charge >= 0.3 is 0 Å². The number of rotatable bonds is 8. The molecule has 29 heavy (non-hydrogen) atoms. The molecule has 0 spiro atoms. The number of halogens is 1. The molecular formula is C18H25FN4O6. The van der Waals surface area contributed by atoms with E-state index in [-0.39, 0.29) is 32.1 Å². The van der Waals surface area contributed by atoms with Gasteiger partial charge in [0.15, 0.2) is 0 Å². The fraction of sp³-hybridized carbons (Fsp3) is 0.556. The monoisotopic (exact) mass is 412 g/mol. The van der Waals surface area contributed by atoms with Crippen molar-refractivity contribution in [1.29, 1.82) is 0 Å². The van der Waals surface area contributed by atoms with Crippen LogP contribution in [0.4, 0.5) is 4.39 Å². The Bertz CT molecular complexity index is 776. The predicted molar refractivity (Wildman–Crippen MR) is 97.4 cm³/mol. The Morgan fingerprint density at radius 3 is 2.59 bits per heavy atom. The Kier molecular flexibility index (Phi) is 7.24. The number of piperidine rings is 1. The van der Waals surface area contributed by atoms with Gasteiger partial charge in [-0.15, -0.1) is 5.10 Å². The van der Waals surface area contributed by atoms with Crippen LogP contribution in [0.3, 0.4) is 0 Å². The molecule has 5 N–H and O–H groups in total. The quantitative estimate of drug-likeness (QED) is 0.334. The third-order valence-electron chi connectivity index (χ3n) is 4.85. The van der Waals surface area contributed by atoms with Gasteiger partial charge in [-0.1, -0.05) is 5.21 Å². The van der Waals surface area contributed by atoms with Crippen LogP contribution in [0.25, 0.3) is 5.69 Å². The number of aliphatic hydroxyl groups is 5. The molecule has 0 saturated carbocycles. The summed E-state index contributed by atoms with van der Waals surface area (Å²) in [4.78, 5) is 1.51. The topological polar surface area (TPSA) is 144 Å². The lowest BCUT2D eigenvalue weighted by molar-refractivity contribution is -0.152. The van der Waals surface area contributed by atoms with Crippen molar-refractivity contribution in [1.82, 2.24) is 19.9 Å². The molecule has 1 aromatic heterocycles. The van der Waals surface area contributed by atoms with Gasteiger partial charge in [0.25, 0.3) is 0 Å². The SMILES string of the molecule is OC[C@@H]1[C@@H](O)[C@H](O)[C@@H](O)CN1CC(O)COCc1cn(-c2ccc(F)cc2)nn1. The van der Waals surface area contributed by atoms with Crippen molar-refractivity contribution in [3.63, 3.8) is 0 Å². The molecule has 1 aromatic carbocycles. The van der Waals surface area contributed by atoms with Crippen LogP contribution in [0.15, 0.2) is 30.5 Å². The van der Waals surface area contributed by atoms with Crippen LogP contribution in [0, 0.1) is 5.82 Å². The number of hydrogen-bond donors (Lipinski definition) is 5. The molecular weight excluding hydrogens is 387 g/mol. The number of hydrogen-bond acceptors (Lipinski definition) is 9. The van der Waals surface area contributed by atoms with E-state index in [1.807, 2.05) is 0 Å². The maximum absolute atomic E-state index is 13.0. The lowest BCUT2D eigenvalue weighted by Gasteiger charge is -2.43. The largest absolute Gasteiger partial charge is 0.395 e. The zero-order chi connectivity index (χ0) is 21.0. The van der Waals surface area contributed by atoms with Gasteiger partial charge in [-0.25, -0.2) is 9.07 Å². The highest BCUT2D eigenvalue weighted by atomic mass is 19.1. The van der Waals surface area contributed by atoms with Crippen LogP contribution in [-0.4, -0.2) is 102 Å². The fourth-order valence-corrected chi connectivity index (χ4v) is 3.30. The average molecular weight is 412 g/mol. The van der Waals surface area contributed by atoms with Gasteiger partial charge in [-0.2, -0.15) is 0 Å². The normalized spacial score (nSPS) is 26.6. The van der Waals surface area contributed by atoms with Crippen molar-refractivity contribution < 1.29 is 34.7 Å². The van der Waals surface area contributed by atoms with E-state index in [1.54, 1.807) is 18.3 Å². The highest BCUT2D eigenvalue weighted by molar-refractivity contribution is 5.30. The predicted octanol–water partition coefficient (Wildman–Crippen LogP) is -1.96. The molecule has 0 radical (unpaired) electrons. The molecule has 11 heteroatoms. The van der Waals surface area contributed by atoms with E-state index in [1.165, 1.54) is 21.7 Å². The standard InChI is InChI=1S/C18H25FN4O6/c19-11-1-3-13(4-2-11)23-5-12(20-21-23)9-29-10-14(25)6-22-7-16(26)18(28)17(27)15(22)8-24/h1-5,14-18,24-28H,6-10H2/t14?,15-,16+,17-,18-/m1/s1. The van der Waals surface area contributed by atoms with E-state index in [4.69, 9.17) is 4.74 Å². The Morgan fingerprint density at radius 2 is 1.90 bits per heavy atom. The number of benzene rings is 1. The number of likely N-dealkylation sites (tertiary alicyclic amines) is 1. The number of β-amino-alcohol motifs (C(OH)–C–C–N with tert-alkyl or cyclic N) is 2. The summed E-state index contributed by atoms with van der Waals surface area (Å²) in [6, 6.07) is 4.97. The van der Waals surface area contributed by atoms with Gasteiger partial charge in [0.05, 0.1) is 50.0 Å². The van der Waals surface area contributed by atoms with Crippen molar-refractivity contribution in [2.75, 3.05) is 26.3 Å². The molecule has 2 aromatic rings. The maximum atomic E-state index is 13.0. The van der Waals surface area contributed by atoms with E-state index in [0.717, 1.165) is 0 Å². The summed E-state index contributed by atoms with van der Waals surface area (Å²) >= 11 is 0. The Labute approximate surface area is 166 Å². The zero-order valence-electron chi connectivity index (χ0n) is 15.6. The smallest absolute Gasteiger partial charge is 0.123 e. The molecule has 0 bridgehead atoms. The molecule has 2 heterocycles. The summed E-state index contributed by atoms with van der Waals surface area (Å²) in [5.74, 6) is -0.349. The summed E-state index contributed by atoms with van der Waals surface area (Å²) in [7, 11) is 0. The first-order valence-electron chi connectivity index (χ1n) is 9.21. The van der Waals surface area contributed by atoms with Crippen LogP contribution >= 0.6 is 0 Å². The van der Waals surface area contributed by atoms with E-state index >= 15 is 0 Å². The molecule has 1 fully saturated rings. The number of aromatic nitrogens is 3. The Hall–Kier alpha value is -1.99. The maximum Gasteiger partial charge on any atom is 0.123 e. The van der Waals surface area contributed by atoms with Crippen molar-refractivity contribution in [2.45, 2.75) is 37.1 Å². The second-order valence-electron chi connectivity index (χ2n) is 7.05. The lowest BCUT2D eigenvalue weighted by Crippen LogP contribution is -2.63. The molecule has 160 valence electrons. The highest BCUT2D eigenvalue weighted by Gasteiger charge is 2.41. The molecule has 0 aliphatic carbocycles. The van der Waals surface area contributed by atoms with Gasteiger partial charge in [0.2, 0.25) is 0 Å². The minimum atomic E-state index is -1.35.